The van der Waals surface area contributed by atoms with Crippen molar-refractivity contribution >= 4 is 29.2 Å². The zero-order valence-corrected chi connectivity index (χ0v) is 15.7. The SMILES string of the molecule is COC(=O)c1ccc(NC(=O)c2nnn(-c3ccc(C)c(Cl)c3)c2C)cc1. The summed E-state index contributed by atoms with van der Waals surface area (Å²) in [4.78, 5) is 24.0. The van der Waals surface area contributed by atoms with Crippen molar-refractivity contribution in [1.82, 2.24) is 15.0 Å². The molecule has 3 aromatic rings. The normalized spacial score (nSPS) is 10.5. The van der Waals surface area contributed by atoms with Crippen LogP contribution in [0.3, 0.4) is 0 Å². The molecule has 0 bridgehead atoms. The molecule has 7 nitrogen and oxygen atoms in total. The number of ether oxygens (including phenoxy) is 1. The van der Waals surface area contributed by atoms with Crippen LogP contribution < -0.4 is 5.32 Å². The van der Waals surface area contributed by atoms with E-state index in [-0.39, 0.29) is 5.69 Å². The highest BCUT2D eigenvalue weighted by Gasteiger charge is 2.18. The number of methoxy groups -OCH3 is 1. The topological polar surface area (TPSA) is 86.1 Å². The van der Waals surface area contributed by atoms with Crippen molar-refractivity contribution in [3.8, 4) is 5.69 Å². The van der Waals surface area contributed by atoms with Crippen molar-refractivity contribution in [2.75, 3.05) is 12.4 Å². The first-order valence-corrected chi connectivity index (χ1v) is 8.47. The van der Waals surface area contributed by atoms with Gasteiger partial charge in [-0.1, -0.05) is 22.9 Å². The highest BCUT2D eigenvalue weighted by molar-refractivity contribution is 6.31. The highest BCUT2D eigenvalue weighted by Crippen LogP contribution is 2.21. The second kappa shape index (κ2) is 7.59. The van der Waals surface area contributed by atoms with Crippen molar-refractivity contribution in [2.24, 2.45) is 0 Å². The molecule has 1 heterocycles. The number of anilines is 1. The fourth-order valence-electron chi connectivity index (χ4n) is 2.50. The zero-order valence-electron chi connectivity index (χ0n) is 15.0. The van der Waals surface area contributed by atoms with E-state index in [1.807, 2.05) is 19.1 Å². The van der Waals surface area contributed by atoms with E-state index in [1.54, 1.807) is 41.9 Å². The number of halogens is 1. The Morgan fingerprint density at radius 2 is 1.81 bits per heavy atom. The van der Waals surface area contributed by atoms with Crippen LogP contribution in [0.15, 0.2) is 42.5 Å². The van der Waals surface area contributed by atoms with E-state index in [9.17, 15) is 9.59 Å². The minimum Gasteiger partial charge on any atom is -0.465 e. The number of esters is 1. The predicted octanol–water partition coefficient (Wildman–Crippen LogP) is 3.58. The Morgan fingerprint density at radius 1 is 1.11 bits per heavy atom. The number of hydrogen-bond donors (Lipinski definition) is 1. The molecule has 3 rings (SSSR count). The van der Waals surface area contributed by atoms with Gasteiger partial charge >= 0.3 is 5.97 Å². The van der Waals surface area contributed by atoms with E-state index in [0.29, 0.717) is 22.0 Å². The Labute approximate surface area is 160 Å². The number of carbonyl (C=O) groups excluding carboxylic acids is 2. The third-order valence-electron chi connectivity index (χ3n) is 4.07. The second-order valence-corrected chi connectivity index (χ2v) is 6.30. The van der Waals surface area contributed by atoms with Gasteiger partial charge in [-0.3, -0.25) is 4.79 Å². The average molecular weight is 385 g/mol. The van der Waals surface area contributed by atoms with Crippen molar-refractivity contribution < 1.29 is 14.3 Å². The number of hydrogen-bond acceptors (Lipinski definition) is 5. The molecule has 138 valence electrons. The lowest BCUT2D eigenvalue weighted by Crippen LogP contribution is -2.14. The summed E-state index contributed by atoms with van der Waals surface area (Å²) in [6.07, 6.45) is 0. The molecule has 0 aliphatic heterocycles. The molecule has 0 atom stereocenters. The van der Waals surface area contributed by atoms with Crippen LogP contribution in [-0.2, 0) is 4.74 Å². The minimum absolute atomic E-state index is 0.198. The van der Waals surface area contributed by atoms with E-state index in [2.05, 4.69) is 20.4 Å². The van der Waals surface area contributed by atoms with Gasteiger partial charge in [-0.25, -0.2) is 9.48 Å². The molecular formula is C19H17ClN4O3. The summed E-state index contributed by atoms with van der Waals surface area (Å²) in [6.45, 7) is 3.66. The molecule has 1 N–H and O–H groups in total. The van der Waals surface area contributed by atoms with Crippen molar-refractivity contribution in [1.29, 1.82) is 0 Å². The molecule has 27 heavy (non-hydrogen) atoms. The van der Waals surface area contributed by atoms with Gasteiger partial charge in [-0.15, -0.1) is 5.10 Å². The smallest absolute Gasteiger partial charge is 0.337 e. The predicted molar refractivity (Wildman–Crippen MR) is 102 cm³/mol. The number of rotatable bonds is 4. The fourth-order valence-corrected chi connectivity index (χ4v) is 2.67. The summed E-state index contributed by atoms with van der Waals surface area (Å²) in [5, 5.41) is 11.4. The molecule has 0 radical (unpaired) electrons. The van der Waals surface area contributed by atoms with Crippen molar-refractivity contribution in [3.05, 3.63) is 70.0 Å². The maximum absolute atomic E-state index is 12.5. The Bertz CT molecular complexity index is 1010. The zero-order chi connectivity index (χ0) is 19.6. The Balaban J connectivity index is 1.80. The van der Waals surface area contributed by atoms with Crippen LogP contribution in [-0.4, -0.2) is 34.0 Å². The second-order valence-electron chi connectivity index (χ2n) is 5.89. The van der Waals surface area contributed by atoms with Gasteiger partial charge in [0.05, 0.1) is 24.1 Å². The van der Waals surface area contributed by atoms with Gasteiger partial charge < -0.3 is 10.1 Å². The molecule has 0 saturated heterocycles. The summed E-state index contributed by atoms with van der Waals surface area (Å²) in [5.74, 6) is -0.841. The number of aryl methyl sites for hydroxylation is 1. The van der Waals surface area contributed by atoms with E-state index in [0.717, 1.165) is 11.3 Å². The van der Waals surface area contributed by atoms with Crippen LogP contribution in [0.1, 0.15) is 32.1 Å². The maximum Gasteiger partial charge on any atom is 0.337 e. The monoisotopic (exact) mass is 384 g/mol. The van der Waals surface area contributed by atoms with E-state index in [1.165, 1.54) is 7.11 Å². The lowest BCUT2D eigenvalue weighted by molar-refractivity contribution is 0.0600. The number of benzene rings is 2. The number of aromatic nitrogens is 3. The van der Waals surface area contributed by atoms with Crippen LogP contribution in [0.2, 0.25) is 5.02 Å². The third-order valence-corrected chi connectivity index (χ3v) is 4.48. The van der Waals surface area contributed by atoms with Crippen molar-refractivity contribution in [3.63, 3.8) is 0 Å². The van der Waals surface area contributed by atoms with Crippen LogP contribution in [0.25, 0.3) is 5.69 Å². The van der Waals surface area contributed by atoms with Gasteiger partial charge in [0.2, 0.25) is 0 Å². The maximum atomic E-state index is 12.5. The first-order chi connectivity index (χ1) is 12.9. The molecule has 1 aromatic heterocycles. The molecule has 1 amide bonds. The average Bonchev–Trinajstić information content (AvgIpc) is 3.05. The summed E-state index contributed by atoms with van der Waals surface area (Å²) in [7, 11) is 1.31. The molecule has 0 unspecified atom stereocenters. The standard InChI is InChI=1S/C19H17ClN4O3/c1-11-4-9-15(10-16(11)20)24-12(2)17(22-23-24)18(25)21-14-7-5-13(6-8-14)19(26)27-3/h4-10H,1-3H3,(H,21,25). The first kappa shape index (κ1) is 18.6. The molecule has 0 spiro atoms. The fraction of sp³-hybridized carbons (Fsp3) is 0.158. The Kier molecular flexibility index (Phi) is 5.23. The highest BCUT2D eigenvalue weighted by atomic mass is 35.5. The quantitative estimate of drug-likeness (QED) is 0.695. The molecular weight excluding hydrogens is 368 g/mol. The minimum atomic E-state index is -0.441. The molecule has 0 aliphatic rings. The molecule has 0 aliphatic carbocycles. The number of nitrogens with one attached hydrogen (secondary N) is 1. The van der Waals surface area contributed by atoms with Crippen molar-refractivity contribution in [2.45, 2.75) is 13.8 Å². The third kappa shape index (κ3) is 3.83. The van der Waals surface area contributed by atoms with Crippen LogP contribution in [0, 0.1) is 13.8 Å². The van der Waals surface area contributed by atoms with Crippen LogP contribution in [0.4, 0.5) is 5.69 Å². The van der Waals surface area contributed by atoms with Crippen LogP contribution >= 0.6 is 11.6 Å². The van der Waals surface area contributed by atoms with Gasteiger partial charge in [0.25, 0.3) is 5.91 Å². The summed E-state index contributed by atoms with van der Waals surface area (Å²) in [6, 6.07) is 11.9. The largest absolute Gasteiger partial charge is 0.465 e. The van der Waals surface area contributed by atoms with Gasteiger partial charge in [0.1, 0.15) is 0 Å². The van der Waals surface area contributed by atoms with E-state index >= 15 is 0 Å². The first-order valence-electron chi connectivity index (χ1n) is 8.09. The number of nitrogens with zero attached hydrogens (tertiary/aromatic N) is 3. The van der Waals surface area contributed by atoms with Gasteiger partial charge in [0, 0.05) is 10.7 Å². The molecule has 8 heteroatoms. The summed E-state index contributed by atoms with van der Waals surface area (Å²) in [5.41, 5.74) is 3.37. The lowest BCUT2D eigenvalue weighted by atomic mass is 10.2. The Morgan fingerprint density at radius 3 is 2.44 bits per heavy atom. The summed E-state index contributed by atoms with van der Waals surface area (Å²) < 4.78 is 6.20. The van der Waals surface area contributed by atoms with Gasteiger partial charge in [-0.2, -0.15) is 0 Å². The molecule has 2 aromatic carbocycles. The number of amides is 1. The van der Waals surface area contributed by atoms with Gasteiger partial charge in [0.15, 0.2) is 5.69 Å². The molecule has 0 fully saturated rings. The number of carbonyl (C=O) groups is 2. The van der Waals surface area contributed by atoms with Gasteiger partial charge in [-0.05, 0) is 55.8 Å². The lowest BCUT2D eigenvalue weighted by Gasteiger charge is -2.07. The van der Waals surface area contributed by atoms with E-state index in [4.69, 9.17) is 11.6 Å². The van der Waals surface area contributed by atoms with Crippen LogP contribution in [0.5, 0.6) is 0 Å². The Hall–Kier alpha value is -3.19. The molecule has 0 saturated carbocycles. The van der Waals surface area contributed by atoms with E-state index < -0.39 is 11.9 Å². The summed E-state index contributed by atoms with van der Waals surface area (Å²) >= 11 is 6.16.